The van der Waals surface area contributed by atoms with E-state index in [0.29, 0.717) is 12.1 Å². The molecule has 0 amide bonds. The minimum Gasteiger partial charge on any atom is -0.481 e. The van der Waals surface area contributed by atoms with E-state index in [2.05, 4.69) is 0 Å². The normalized spacial score (nSPS) is 12.2. The SMILES string of the molecule is CN(c1cccc(CC(C)(C)C(=O)O)c1)S(C)(=O)=O. The maximum absolute atomic E-state index is 11.5. The van der Waals surface area contributed by atoms with Gasteiger partial charge in [-0.15, -0.1) is 0 Å². The molecule has 0 radical (unpaired) electrons. The third-order valence-electron chi connectivity index (χ3n) is 3.00. The topological polar surface area (TPSA) is 74.7 Å². The minimum atomic E-state index is -3.32. The summed E-state index contributed by atoms with van der Waals surface area (Å²) < 4.78 is 24.1. The largest absolute Gasteiger partial charge is 0.481 e. The quantitative estimate of drug-likeness (QED) is 0.894. The monoisotopic (exact) mass is 285 g/mol. The van der Waals surface area contributed by atoms with Gasteiger partial charge < -0.3 is 5.11 Å². The van der Waals surface area contributed by atoms with Crippen LogP contribution in [0.4, 0.5) is 5.69 Å². The molecule has 0 aliphatic rings. The van der Waals surface area contributed by atoms with Crippen molar-refractivity contribution in [3.05, 3.63) is 29.8 Å². The lowest BCUT2D eigenvalue weighted by molar-refractivity contribution is -0.146. The third kappa shape index (κ3) is 3.96. The molecule has 5 nitrogen and oxygen atoms in total. The molecule has 0 spiro atoms. The molecule has 1 N–H and O–H groups in total. The molecule has 6 heteroatoms. The number of nitrogens with zero attached hydrogens (tertiary/aromatic N) is 1. The number of rotatable bonds is 5. The van der Waals surface area contributed by atoms with Crippen molar-refractivity contribution < 1.29 is 18.3 Å². The molecule has 0 fully saturated rings. The van der Waals surface area contributed by atoms with Crippen LogP contribution in [0.3, 0.4) is 0 Å². The summed E-state index contributed by atoms with van der Waals surface area (Å²) in [5, 5.41) is 9.10. The molecule has 1 aromatic carbocycles. The van der Waals surface area contributed by atoms with Crippen molar-refractivity contribution in [1.82, 2.24) is 0 Å². The molecule has 0 heterocycles. The molecule has 106 valence electrons. The summed E-state index contributed by atoms with van der Waals surface area (Å²) in [6, 6.07) is 6.90. The van der Waals surface area contributed by atoms with E-state index in [-0.39, 0.29) is 0 Å². The molecule has 0 aliphatic heterocycles. The molecule has 19 heavy (non-hydrogen) atoms. The molecule has 0 aliphatic carbocycles. The number of hydrogen-bond acceptors (Lipinski definition) is 3. The third-order valence-corrected chi connectivity index (χ3v) is 4.20. The van der Waals surface area contributed by atoms with Crippen molar-refractivity contribution >= 4 is 21.7 Å². The zero-order valence-electron chi connectivity index (χ0n) is 11.5. The Morgan fingerprint density at radius 1 is 1.37 bits per heavy atom. The summed E-state index contributed by atoms with van der Waals surface area (Å²) in [4.78, 5) is 11.1. The van der Waals surface area contributed by atoms with E-state index in [0.717, 1.165) is 11.8 Å². The van der Waals surface area contributed by atoms with Crippen LogP contribution >= 0.6 is 0 Å². The Bertz CT molecular complexity index is 578. The first-order valence-corrected chi connectivity index (χ1v) is 7.65. The Labute approximate surface area is 113 Å². The molecule has 0 aromatic heterocycles. The number of sulfonamides is 1. The summed E-state index contributed by atoms with van der Waals surface area (Å²) in [6.45, 7) is 3.28. The second-order valence-corrected chi connectivity index (χ2v) is 7.28. The Hall–Kier alpha value is -1.56. The molecular weight excluding hydrogens is 266 g/mol. The molecule has 1 aromatic rings. The van der Waals surface area contributed by atoms with E-state index in [1.54, 1.807) is 38.1 Å². The Balaban J connectivity index is 3.05. The van der Waals surface area contributed by atoms with Gasteiger partial charge in [0.1, 0.15) is 0 Å². The molecule has 0 unspecified atom stereocenters. The average Bonchev–Trinajstić information content (AvgIpc) is 2.26. The minimum absolute atomic E-state index is 0.341. The molecule has 0 bridgehead atoms. The van der Waals surface area contributed by atoms with E-state index in [1.807, 2.05) is 0 Å². The van der Waals surface area contributed by atoms with E-state index in [4.69, 9.17) is 5.11 Å². The Kier molecular flexibility index (Phi) is 4.25. The highest BCUT2D eigenvalue weighted by molar-refractivity contribution is 7.92. The second kappa shape index (κ2) is 5.21. The van der Waals surface area contributed by atoms with Gasteiger partial charge in [-0.3, -0.25) is 9.10 Å². The lowest BCUT2D eigenvalue weighted by Gasteiger charge is -2.21. The summed E-state index contributed by atoms with van der Waals surface area (Å²) in [5.74, 6) is -0.880. The van der Waals surface area contributed by atoms with Gasteiger partial charge in [0.2, 0.25) is 10.0 Å². The van der Waals surface area contributed by atoms with Crippen LogP contribution in [0.15, 0.2) is 24.3 Å². The first-order chi connectivity index (χ1) is 8.54. The van der Waals surface area contributed by atoms with Gasteiger partial charge in [0.25, 0.3) is 0 Å². The summed E-state index contributed by atoms with van der Waals surface area (Å²) in [6.07, 6.45) is 1.47. The van der Waals surface area contributed by atoms with Crippen molar-refractivity contribution in [2.24, 2.45) is 5.41 Å². The smallest absolute Gasteiger partial charge is 0.309 e. The van der Waals surface area contributed by atoms with Gasteiger partial charge >= 0.3 is 5.97 Å². The van der Waals surface area contributed by atoms with Crippen LogP contribution in [0.2, 0.25) is 0 Å². The van der Waals surface area contributed by atoms with Crippen LogP contribution in [0.1, 0.15) is 19.4 Å². The van der Waals surface area contributed by atoms with Gasteiger partial charge in [-0.1, -0.05) is 12.1 Å². The first kappa shape index (κ1) is 15.5. The van der Waals surface area contributed by atoms with Crippen molar-refractivity contribution in [1.29, 1.82) is 0 Å². The predicted octanol–water partition coefficient (Wildman–Crippen LogP) is 1.74. The molecule has 0 atom stereocenters. The van der Waals surface area contributed by atoms with E-state index < -0.39 is 21.4 Å². The highest BCUT2D eigenvalue weighted by Crippen LogP contribution is 2.25. The maximum atomic E-state index is 11.5. The maximum Gasteiger partial charge on any atom is 0.309 e. The van der Waals surface area contributed by atoms with Crippen LogP contribution in [0.25, 0.3) is 0 Å². The van der Waals surface area contributed by atoms with Crippen molar-refractivity contribution in [3.63, 3.8) is 0 Å². The zero-order valence-corrected chi connectivity index (χ0v) is 12.4. The van der Waals surface area contributed by atoms with Crippen LogP contribution in [0.5, 0.6) is 0 Å². The van der Waals surface area contributed by atoms with E-state index in [1.165, 1.54) is 11.4 Å². The summed E-state index contributed by atoms with van der Waals surface area (Å²) >= 11 is 0. The van der Waals surface area contributed by atoms with Crippen LogP contribution in [-0.2, 0) is 21.2 Å². The van der Waals surface area contributed by atoms with Gasteiger partial charge in [-0.05, 0) is 38.0 Å². The highest BCUT2D eigenvalue weighted by atomic mass is 32.2. The molecule has 0 saturated carbocycles. The standard InChI is InChI=1S/C13H19NO4S/c1-13(2,12(15)16)9-10-6-5-7-11(8-10)14(3)19(4,17)18/h5-8H,9H2,1-4H3,(H,15,16). The summed E-state index contributed by atoms with van der Waals surface area (Å²) in [5.41, 5.74) is 0.434. The second-order valence-electron chi connectivity index (χ2n) is 5.27. The fourth-order valence-corrected chi connectivity index (χ4v) is 2.14. The fourth-order valence-electron chi connectivity index (χ4n) is 1.64. The van der Waals surface area contributed by atoms with Crippen LogP contribution in [-0.4, -0.2) is 32.8 Å². The molecular formula is C13H19NO4S. The number of carbonyl (C=O) groups is 1. The number of anilines is 1. The summed E-state index contributed by atoms with van der Waals surface area (Å²) in [7, 11) is -1.85. The van der Waals surface area contributed by atoms with Gasteiger partial charge in [-0.25, -0.2) is 8.42 Å². The number of carboxylic acids is 1. The Morgan fingerprint density at radius 3 is 2.42 bits per heavy atom. The Morgan fingerprint density at radius 2 is 1.95 bits per heavy atom. The molecule has 0 saturated heterocycles. The van der Waals surface area contributed by atoms with E-state index in [9.17, 15) is 13.2 Å². The van der Waals surface area contributed by atoms with Crippen LogP contribution in [0, 0.1) is 5.41 Å². The number of aliphatic carboxylic acids is 1. The number of carboxylic acid groups (broad SMARTS) is 1. The zero-order chi connectivity index (χ0) is 14.8. The first-order valence-electron chi connectivity index (χ1n) is 5.80. The van der Waals surface area contributed by atoms with Gasteiger partial charge in [0, 0.05) is 7.05 Å². The highest BCUT2D eigenvalue weighted by Gasteiger charge is 2.27. The number of hydrogen-bond donors (Lipinski definition) is 1. The fraction of sp³-hybridized carbons (Fsp3) is 0.462. The van der Waals surface area contributed by atoms with Crippen molar-refractivity contribution in [2.75, 3.05) is 17.6 Å². The lowest BCUT2D eigenvalue weighted by Crippen LogP contribution is -2.27. The van der Waals surface area contributed by atoms with Gasteiger partial charge in [0.05, 0.1) is 17.4 Å². The van der Waals surface area contributed by atoms with Gasteiger partial charge in [0.15, 0.2) is 0 Å². The lowest BCUT2D eigenvalue weighted by atomic mass is 9.86. The molecule has 1 rings (SSSR count). The van der Waals surface area contributed by atoms with Crippen molar-refractivity contribution in [2.45, 2.75) is 20.3 Å². The van der Waals surface area contributed by atoms with E-state index >= 15 is 0 Å². The number of benzene rings is 1. The van der Waals surface area contributed by atoms with Crippen LogP contribution < -0.4 is 4.31 Å². The predicted molar refractivity (Wildman–Crippen MR) is 74.8 cm³/mol. The average molecular weight is 285 g/mol. The van der Waals surface area contributed by atoms with Gasteiger partial charge in [-0.2, -0.15) is 0 Å². The van der Waals surface area contributed by atoms with Crippen molar-refractivity contribution in [3.8, 4) is 0 Å².